The summed E-state index contributed by atoms with van der Waals surface area (Å²) in [6, 6.07) is 4.68. The Morgan fingerprint density at radius 1 is 1.26 bits per heavy atom. The molecule has 3 nitrogen and oxygen atoms in total. The monoisotopic (exact) mass is 284 g/mol. The van der Waals surface area contributed by atoms with Gasteiger partial charge < -0.3 is 14.6 Å². The first-order valence-electron chi connectivity index (χ1n) is 6.96. The summed E-state index contributed by atoms with van der Waals surface area (Å²) in [6.07, 6.45) is 3.28. The van der Waals surface area contributed by atoms with Crippen molar-refractivity contribution in [2.45, 2.75) is 38.6 Å². The van der Waals surface area contributed by atoms with Crippen molar-refractivity contribution in [1.82, 2.24) is 10.2 Å². The van der Waals surface area contributed by atoms with Crippen LogP contribution in [0.25, 0.3) is 0 Å². The molecular formula is C15H28N2OS. The standard InChI is InChI=1S/C15H28N2OS/c1-12(2)8-13(10-17(3)4)16-9-14-6-7-15(18-14)11-19-5/h6-7,12-13,16H,8-11H2,1-5H3. The Balaban J connectivity index is 2.44. The molecule has 1 unspecified atom stereocenters. The van der Waals surface area contributed by atoms with Crippen LogP contribution in [0.5, 0.6) is 0 Å². The van der Waals surface area contributed by atoms with Crippen molar-refractivity contribution in [2.75, 3.05) is 26.9 Å². The van der Waals surface area contributed by atoms with Gasteiger partial charge in [-0.2, -0.15) is 11.8 Å². The van der Waals surface area contributed by atoms with Crippen molar-refractivity contribution in [3.8, 4) is 0 Å². The van der Waals surface area contributed by atoms with Crippen molar-refractivity contribution in [1.29, 1.82) is 0 Å². The fourth-order valence-corrected chi connectivity index (χ4v) is 2.65. The fourth-order valence-electron chi connectivity index (χ4n) is 2.21. The molecule has 1 aromatic heterocycles. The molecule has 0 aromatic carbocycles. The molecule has 0 radical (unpaired) electrons. The van der Waals surface area contributed by atoms with E-state index in [4.69, 9.17) is 4.42 Å². The lowest BCUT2D eigenvalue weighted by molar-refractivity contribution is 0.298. The molecule has 4 heteroatoms. The van der Waals surface area contributed by atoms with Crippen LogP contribution in [0.1, 0.15) is 31.8 Å². The van der Waals surface area contributed by atoms with Crippen LogP contribution >= 0.6 is 11.8 Å². The van der Waals surface area contributed by atoms with Crippen molar-refractivity contribution < 1.29 is 4.42 Å². The summed E-state index contributed by atoms with van der Waals surface area (Å²) in [7, 11) is 4.25. The maximum absolute atomic E-state index is 5.79. The minimum Gasteiger partial charge on any atom is -0.464 e. The van der Waals surface area contributed by atoms with Gasteiger partial charge in [-0.3, -0.25) is 0 Å². The highest BCUT2D eigenvalue weighted by atomic mass is 32.2. The molecule has 1 N–H and O–H groups in total. The third-order valence-corrected chi connectivity index (χ3v) is 3.48. The van der Waals surface area contributed by atoms with Crippen molar-refractivity contribution >= 4 is 11.8 Å². The third-order valence-electron chi connectivity index (χ3n) is 2.91. The number of hydrogen-bond donors (Lipinski definition) is 1. The largest absolute Gasteiger partial charge is 0.464 e. The highest BCUT2D eigenvalue weighted by Gasteiger charge is 2.12. The first-order valence-corrected chi connectivity index (χ1v) is 8.35. The first-order chi connectivity index (χ1) is 9.01. The molecule has 0 aliphatic heterocycles. The number of thioether (sulfide) groups is 1. The SMILES string of the molecule is CSCc1ccc(CNC(CC(C)C)CN(C)C)o1. The van der Waals surface area contributed by atoms with E-state index in [9.17, 15) is 0 Å². The molecular weight excluding hydrogens is 256 g/mol. The zero-order valence-corrected chi connectivity index (χ0v) is 13.7. The lowest BCUT2D eigenvalue weighted by Gasteiger charge is -2.23. The van der Waals surface area contributed by atoms with E-state index in [0.717, 1.165) is 30.4 Å². The van der Waals surface area contributed by atoms with Gasteiger partial charge >= 0.3 is 0 Å². The van der Waals surface area contributed by atoms with Crippen molar-refractivity contribution in [2.24, 2.45) is 5.92 Å². The zero-order valence-electron chi connectivity index (χ0n) is 12.9. The van der Waals surface area contributed by atoms with Crippen LogP contribution < -0.4 is 5.32 Å². The van der Waals surface area contributed by atoms with E-state index in [1.165, 1.54) is 6.42 Å². The quantitative estimate of drug-likeness (QED) is 0.754. The first kappa shape index (κ1) is 16.6. The van der Waals surface area contributed by atoms with Crippen molar-refractivity contribution in [3.63, 3.8) is 0 Å². The van der Waals surface area contributed by atoms with Crippen LogP contribution in [0.4, 0.5) is 0 Å². The molecule has 0 aliphatic rings. The van der Waals surface area contributed by atoms with Gasteiger partial charge in [-0.1, -0.05) is 13.8 Å². The van der Waals surface area contributed by atoms with Gasteiger partial charge in [-0.15, -0.1) is 0 Å². The molecule has 0 fully saturated rings. The van der Waals surface area contributed by atoms with Crippen molar-refractivity contribution in [3.05, 3.63) is 23.7 Å². The van der Waals surface area contributed by atoms with Gasteiger partial charge in [-0.05, 0) is 44.8 Å². The maximum atomic E-state index is 5.79. The summed E-state index contributed by atoms with van der Waals surface area (Å²) < 4.78 is 5.79. The Morgan fingerprint density at radius 2 is 1.95 bits per heavy atom. The Bertz CT molecular complexity index is 340. The van der Waals surface area contributed by atoms with Crippen LogP contribution in [0.15, 0.2) is 16.5 Å². The Kier molecular flexibility index (Phi) is 7.57. The van der Waals surface area contributed by atoms with Gasteiger partial charge in [0.2, 0.25) is 0 Å². The summed E-state index contributed by atoms with van der Waals surface area (Å²) in [5.74, 6) is 3.77. The molecule has 1 rings (SSSR count). The molecule has 1 heterocycles. The molecule has 0 saturated heterocycles. The second-order valence-electron chi connectivity index (χ2n) is 5.77. The van der Waals surface area contributed by atoms with Gasteiger partial charge in [0.15, 0.2) is 0 Å². The van der Waals surface area contributed by atoms with E-state index in [2.05, 4.69) is 56.5 Å². The highest BCUT2D eigenvalue weighted by molar-refractivity contribution is 7.97. The Labute approximate surface area is 122 Å². The van der Waals surface area contributed by atoms with Gasteiger partial charge in [0.25, 0.3) is 0 Å². The molecule has 1 atom stereocenters. The van der Waals surface area contributed by atoms with E-state index in [-0.39, 0.29) is 0 Å². The number of rotatable bonds is 9. The minimum absolute atomic E-state index is 0.518. The predicted octanol–water partition coefficient (Wildman–Crippen LogP) is 3.21. The third kappa shape index (κ3) is 7.04. The van der Waals surface area contributed by atoms with Gasteiger partial charge in [-0.25, -0.2) is 0 Å². The lowest BCUT2D eigenvalue weighted by atomic mass is 10.0. The smallest absolute Gasteiger partial charge is 0.118 e. The van der Waals surface area contributed by atoms with Crippen LogP contribution in [-0.2, 0) is 12.3 Å². The predicted molar refractivity (Wildman–Crippen MR) is 84.6 cm³/mol. The summed E-state index contributed by atoms with van der Waals surface area (Å²) in [6.45, 7) is 6.43. The molecule has 19 heavy (non-hydrogen) atoms. The topological polar surface area (TPSA) is 28.4 Å². The number of hydrogen-bond acceptors (Lipinski definition) is 4. The van der Waals surface area contributed by atoms with E-state index in [0.29, 0.717) is 12.0 Å². The molecule has 0 saturated carbocycles. The minimum atomic E-state index is 0.518. The Morgan fingerprint density at radius 3 is 2.53 bits per heavy atom. The molecule has 0 aliphatic carbocycles. The van der Waals surface area contributed by atoms with Crippen LogP contribution in [0.2, 0.25) is 0 Å². The average Bonchev–Trinajstić information content (AvgIpc) is 2.73. The van der Waals surface area contributed by atoms with E-state index >= 15 is 0 Å². The fraction of sp³-hybridized carbons (Fsp3) is 0.733. The highest BCUT2D eigenvalue weighted by Crippen LogP contribution is 2.14. The number of nitrogens with one attached hydrogen (secondary N) is 1. The maximum Gasteiger partial charge on any atom is 0.118 e. The van der Waals surface area contributed by atoms with Crippen LogP contribution in [0.3, 0.4) is 0 Å². The normalized spacial score (nSPS) is 13.4. The number of furan rings is 1. The zero-order chi connectivity index (χ0) is 14.3. The molecule has 1 aromatic rings. The summed E-state index contributed by atoms with van der Waals surface area (Å²) in [4.78, 5) is 2.24. The van der Waals surface area contributed by atoms with Gasteiger partial charge in [0.1, 0.15) is 11.5 Å². The molecule has 0 spiro atoms. The van der Waals surface area contributed by atoms with E-state index < -0.39 is 0 Å². The summed E-state index contributed by atoms with van der Waals surface area (Å²) >= 11 is 1.79. The van der Waals surface area contributed by atoms with Gasteiger partial charge in [0.05, 0.1) is 12.3 Å². The van der Waals surface area contributed by atoms with Crippen LogP contribution in [-0.4, -0.2) is 37.8 Å². The van der Waals surface area contributed by atoms with E-state index in [1.54, 1.807) is 11.8 Å². The number of likely N-dealkylation sites (N-methyl/N-ethyl adjacent to an activating group) is 1. The summed E-state index contributed by atoms with van der Waals surface area (Å²) in [5.41, 5.74) is 0. The van der Waals surface area contributed by atoms with Gasteiger partial charge in [0, 0.05) is 12.6 Å². The average molecular weight is 284 g/mol. The van der Waals surface area contributed by atoms with E-state index in [1.807, 2.05) is 0 Å². The molecule has 0 amide bonds. The number of nitrogens with zero attached hydrogens (tertiary/aromatic N) is 1. The second-order valence-corrected chi connectivity index (χ2v) is 6.64. The summed E-state index contributed by atoms with van der Waals surface area (Å²) in [5, 5.41) is 3.61. The molecule has 0 bridgehead atoms. The second kappa shape index (κ2) is 8.67. The molecule has 110 valence electrons. The van der Waals surface area contributed by atoms with Crippen LogP contribution in [0, 0.1) is 5.92 Å². The Hall–Kier alpha value is -0.450. The lowest BCUT2D eigenvalue weighted by Crippen LogP contribution is -2.38.